The number of hydrogen-bond acceptors (Lipinski definition) is 2. The number of fused-ring (bicyclic) bond motifs is 2. The van der Waals surface area contributed by atoms with Gasteiger partial charge in [-0.15, -0.1) is 0 Å². The number of imide groups is 1. The first-order chi connectivity index (χ1) is 10.8. The van der Waals surface area contributed by atoms with Crippen molar-refractivity contribution in [3.05, 3.63) is 36.0 Å². The Bertz CT molecular complexity index is 710. The van der Waals surface area contributed by atoms with Gasteiger partial charge in [0.2, 0.25) is 11.8 Å². The van der Waals surface area contributed by atoms with Crippen LogP contribution in [0.2, 0.25) is 0 Å². The van der Waals surface area contributed by atoms with Crippen LogP contribution >= 0.6 is 0 Å². The van der Waals surface area contributed by atoms with Crippen LogP contribution in [0.15, 0.2) is 30.5 Å². The molecule has 1 aromatic heterocycles. The monoisotopic (exact) mass is 296 g/mol. The minimum absolute atomic E-state index is 0.0378. The van der Waals surface area contributed by atoms with Gasteiger partial charge in [-0.25, -0.2) is 0 Å². The topological polar surface area (TPSA) is 53.2 Å². The average molecular weight is 296 g/mol. The number of H-pyrrole nitrogens is 1. The maximum Gasteiger partial charge on any atom is 0.233 e. The number of rotatable bonds is 3. The molecular formula is C18H20N2O2. The zero-order chi connectivity index (χ0) is 15.1. The highest BCUT2D eigenvalue weighted by molar-refractivity contribution is 6.05. The van der Waals surface area contributed by atoms with E-state index in [4.69, 9.17) is 0 Å². The van der Waals surface area contributed by atoms with Gasteiger partial charge in [-0.2, -0.15) is 0 Å². The third kappa shape index (κ3) is 2.05. The molecule has 2 aliphatic rings. The van der Waals surface area contributed by atoms with Crippen molar-refractivity contribution in [1.29, 1.82) is 0 Å². The molecule has 2 amide bonds. The van der Waals surface area contributed by atoms with E-state index in [9.17, 15) is 9.59 Å². The van der Waals surface area contributed by atoms with Crippen LogP contribution in [-0.4, -0.2) is 28.2 Å². The Morgan fingerprint density at radius 2 is 1.73 bits per heavy atom. The number of benzene rings is 1. The van der Waals surface area contributed by atoms with Gasteiger partial charge in [0.05, 0.1) is 11.8 Å². The van der Waals surface area contributed by atoms with Gasteiger partial charge in [-0.1, -0.05) is 31.0 Å². The van der Waals surface area contributed by atoms with Crippen molar-refractivity contribution in [1.82, 2.24) is 9.88 Å². The molecule has 1 aliphatic carbocycles. The number of para-hydroxylation sites is 1. The van der Waals surface area contributed by atoms with Gasteiger partial charge in [0.15, 0.2) is 0 Å². The fourth-order valence-electron chi connectivity index (χ4n) is 4.02. The lowest BCUT2D eigenvalue weighted by Crippen LogP contribution is -2.33. The van der Waals surface area contributed by atoms with E-state index < -0.39 is 0 Å². The van der Waals surface area contributed by atoms with E-state index in [2.05, 4.69) is 11.1 Å². The third-order valence-corrected chi connectivity index (χ3v) is 5.21. The van der Waals surface area contributed by atoms with Crippen molar-refractivity contribution in [3.63, 3.8) is 0 Å². The number of carbonyl (C=O) groups is 2. The van der Waals surface area contributed by atoms with E-state index in [1.165, 1.54) is 15.8 Å². The molecular weight excluding hydrogens is 276 g/mol. The predicted octanol–water partition coefficient (Wildman–Crippen LogP) is 2.89. The van der Waals surface area contributed by atoms with Crippen molar-refractivity contribution in [2.45, 2.75) is 32.1 Å². The van der Waals surface area contributed by atoms with Crippen LogP contribution in [0, 0.1) is 11.8 Å². The number of amides is 2. The van der Waals surface area contributed by atoms with Crippen molar-refractivity contribution in [2.24, 2.45) is 11.8 Å². The molecule has 4 nitrogen and oxygen atoms in total. The summed E-state index contributed by atoms with van der Waals surface area (Å²) in [5.41, 5.74) is 2.27. The molecule has 0 unspecified atom stereocenters. The summed E-state index contributed by atoms with van der Waals surface area (Å²) in [6.45, 7) is 0.506. The molecule has 1 N–H and O–H groups in total. The van der Waals surface area contributed by atoms with Gasteiger partial charge < -0.3 is 4.98 Å². The van der Waals surface area contributed by atoms with Crippen LogP contribution in [0.1, 0.15) is 31.2 Å². The van der Waals surface area contributed by atoms with Crippen molar-refractivity contribution >= 4 is 22.7 Å². The van der Waals surface area contributed by atoms with E-state index in [1.54, 1.807) is 0 Å². The van der Waals surface area contributed by atoms with Crippen LogP contribution in [0.3, 0.4) is 0 Å². The van der Waals surface area contributed by atoms with Crippen LogP contribution < -0.4 is 0 Å². The molecule has 22 heavy (non-hydrogen) atoms. The smallest absolute Gasteiger partial charge is 0.233 e. The highest BCUT2D eigenvalue weighted by Gasteiger charge is 2.47. The summed E-state index contributed by atoms with van der Waals surface area (Å²) < 4.78 is 0. The molecule has 4 rings (SSSR count). The molecule has 0 bridgehead atoms. The Morgan fingerprint density at radius 1 is 1.05 bits per heavy atom. The largest absolute Gasteiger partial charge is 0.361 e. The molecule has 114 valence electrons. The Morgan fingerprint density at radius 3 is 2.45 bits per heavy atom. The van der Waals surface area contributed by atoms with Gasteiger partial charge in [0.25, 0.3) is 0 Å². The lowest BCUT2D eigenvalue weighted by molar-refractivity contribution is -0.139. The number of aromatic amines is 1. The Balaban J connectivity index is 1.52. The molecule has 0 radical (unpaired) electrons. The second kappa shape index (κ2) is 5.27. The fraction of sp³-hybridized carbons (Fsp3) is 0.444. The van der Waals surface area contributed by atoms with Crippen molar-refractivity contribution in [2.75, 3.05) is 6.54 Å². The molecule has 2 fully saturated rings. The number of likely N-dealkylation sites (tertiary alicyclic amines) is 1. The lowest BCUT2D eigenvalue weighted by Gasteiger charge is -2.19. The molecule has 2 heterocycles. The molecule has 1 saturated heterocycles. The molecule has 2 aromatic rings. The van der Waals surface area contributed by atoms with E-state index in [-0.39, 0.29) is 23.7 Å². The van der Waals surface area contributed by atoms with Crippen LogP contribution in [-0.2, 0) is 16.0 Å². The van der Waals surface area contributed by atoms with E-state index >= 15 is 0 Å². The minimum Gasteiger partial charge on any atom is -0.361 e. The predicted molar refractivity (Wildman–Crippen MR) is 84.2 cm³/mol. The van der Waals surface area contributed by atoms with E-state index in [0.29, 0.717) is 6.54 Å². The standard InChI is InChI=1S/C18H20N2O2/c21-17-14-6-1-2-7-15(14)18(22)20(17)10-9-12-11-19-16-8-4-3-5-13(12)16/h3-5,8,11,14-15,19H,1-2,6-7,9-10H2/t14-,15-/m1/s1. The first-order valence-electron chi connectivity index (χ1n) is 8.16. The van der Waals surface area contributed by atoms with Crippen LogP contribution in [0.4, 0.5) is 0 Å². The Labute approximate surface area is 129 Å². The Hall–Kier alpha value is -2.10. The molecule has 2 atom stereocenters. The summed E-state index contributed by atoms with van der Waals surface area (Å²) in [5, 5.41) is 1.18. The zero-order valence-electron chi connectivity index (χ0n) is 12.5. The van der Waals surface area contributed by atoms with Gasteiger partial charge in [0.1, 0.15) is 0 Å². The minimum atomic E-state index is -0.0378. The lowest BCUT2D eigenvalue weighted by atomic mass is 9.81. The normalized spacial score (nSPS) is 25.0. The number of hydrogen-bond donors (Lipinski definition) is 1. The molecule has 1 aromatic carbocycles. The fourth-order valence-corrected chi connectivity index (χ4v) is 4.02. The van der Waals surface area contributed by atoms with E-state index in [0.717, 1.165) is 37.6 Å². The summed E-state index contributed by atoms with van der Waals surface area (Å²) in [7, 11) is 0. The maximum atomic E-state index is 12.5. The van der Waals surface area contributed by atoms with Gasteiger partial charge in [-0.3, -0.25) is 14.5 Å². The number of nitrogens with zero attached hydrogens (tertiary/aromatic N) is 1. The average Bonchev–Trinajstić information content (AvgIpc) is 3.07. The first kappa shape index (κ1) is 13.6. The van der Waals surface area contributed by atoms with Gasteiger partial charge in [0, 0.05) is 23.6 Å². The maximum absolute atomic E-state index is 12.5. The SMILES string of the molecule is O=C1[C@@H]2CCCC[C@H]2C(=O)N1CCc1c[nH]c2ccccc12. The van der Waals surface area contributed by atoms with Crippen molar-refractivity contribution < 1.29 is 9.59 Å². The summed E-state index contributed by atoms with van der Waals surface area (Å²) >= 11 is 0. The highest BCUT2D eigenvalue weighted by atomic mass is 16.2. The van der Waals surface area contributed by atoms with E-state index in [1.807, 2.05) is 24.4 Å². The number of nitrogens with one attached hydrogen (secondary N) is 1. The van der Waals surface area contributed by atoms with Gasteiger partial charge >= 0.3 is 0 Å². The summed E-state index contributed by atoms with van der Waals surface area (Å²) in [5.74, 6) is 0.0533. The number of carbonyl (C=O) groups excluding carboxylic acids is 2. The quantitative estimate of drug-likeness (QED) is 0.885. The third-order valence-electron chi connectivity index (χ3n) is 5.21. The van der Waals surface area contributed by atoms with Gasteiger partial charge in [-0.05, 0) is 30.9 Å². The second-order valence-corrected chi connectivity index (χ2v) is 6.44. The summed E-state index contributed by atoms with van der Waals surface area (Å²) in [6.07, 6.45) is 6.65. The van der Waals surface area contributed by atoms with Crippen LogP contribution in [0.25, 0.3) is 10.9 Å². The molecule has 4 heteroatoms. The highest BCUT2D eigenvalue weighted by Crippen LogP contribution is 2.38. The molecule has 0 spiro atoms. The number of aromatic nitrogens is 1. The summed E-state index contributed by atoms with van der Waals surface area (Å²) in [6, 6.07) is 8.13. The first-order valence-corrected chi connectivity index (χ1v) is 8.16. The molecule has 1 aliphatic heterocycles. The van der Waals surface area contributed by atoms with Crippen LogP contribution in [0.5, 0.6) is 0 Å². The Kier molecular flexibility index (Phi) is 3.25. The molecule has 1 saturated carbocycles. The summed E-state index contributed by atoms with van der Waals surface area (Å²) in [4.78, 5) is 29.7. The second-order valence-electron chi connectivity index (χ2n) is 6.44. The zero-order valence-corrected chi connectivity index (χ0v) is 12.5. The van der Waals surface area contributed by atoms with Crippen molar-refractivity contribution in [3.8, 4) is 0 Å².